The topological polar surface area (TPSA) is 348 Å². The van der Waals surface area contributed by atoms with Gasteiger partial charge in [0.1, 0.15) is 39.6 Å². The number of ether oxygens (including phenoxy) is 8. The average Bonchev–Trinajstić information content (AvgIpc) is 1.63. The second kappa shape index (κ2) is 37.9. The lowest BCUT2D eigenvalue weighted by Crippen LogP contribution is -2.45. The van der Waals surface area contributed by atoms with Gasteiger partial charge in [-0.3, -0.25) is 0 Å². The van der Waals surface area contributed by atoms with Crippen molar-refractivity contribution >= 4 is 106 Å². The zero-order chi connectivity index (χ0) is 77.7. The van der Waals surface area contributed by atoms with Crippen LogP contribution in [0, 0.1) is 0 Å². The normalized spacial score (nSPS) is 16.7. The van der Waals surface area contributed by atoms with Crippen LogP contribution in [0.4, 0.5) is 87.0 Å². The Morgan fingerprint density at radius 2 is 0.860 bits per heavy atom. The van der Waals surface area contributed by atoms with Crippen LogP contribution in [0.15, 0.2) is 29.1 Å². The van der Waals surface area contributed by atoms with Crippen LogP contribution in [0.25, 0.3) is 11.4 Å². The van der Waals surface area contributed by atoms with Gasteiger partial charge in [0, 0.05) is 86.4 Å². The van der Waals surface area contributed by atoms with Crippen LogP contribution in [0.3, 0.4) is 0 Å². The molecule has 0 spiro atoms. The quantitative estimate of drug-likeness (QED) is 0.0729. The molecule has 0 aromatic carbocycles. The number of carbonyl (C=O) groups is 4. The zero-order valence-corrected chi connectivity index (χ0v) is 63.7. The Bertz CT molecular complexity index is 3640. The minimum Gasteiger partial charge on any atom is -0.443 e. The molecule has 10 rings (SSSR count). The molecule has 0 aliphatic carbocycles. The van der Waals surface area contributed by atoms with Gasteiger partial charge in [-0.15, -0.1) is 4.90 Å². The molecule has 10 heterocycles. The van der Waals surface area contributed by atoms with E-state index in [9.17, 15) is 45.5 Å². The Morgan fingerprint density at radius 3 is 1.21 bits per heavy atom. The molecule has 2 N–H and O–H groups in total. The number of nitrogens with zero attached hydrogens (tertiary/aromatic N) is 17. The van der Waals surface area contributed by atoms with Crippen molar-refractivity contribution in [2.24, 2.45) is 0 Å². The van der Waals surface area contributed by atoms with Crippen molar-refractivity contribution in [3.8, 4) is 11.4 Å². The number of hydrogen-bond donors (Lipinski definition) is 1. The monoisotopic (exact) mass is 1600 g/mol. The average molecular weight is 1610 g/mol. The largest absolute Gasteiger partial charge is 0.498 e. The summed E-state index contributed by atoms with van der Waals surface area (Å²) < 4.78 is 135. The first-order chi connectivity index (χ1) is 48.9. The summed E-state index contributed by atoms with van der Waals surface area (Å²) in [6, 6.07) is 0.933. The molecule has 0 unspecified atom stereocenters. The Kier molecular flexibility index (Phi) is 31.7. The van der Waals surface area contributed by atoms with Crippen LogP contribution < -0.4 is 40.6 Å². The number of amides is 4. The Morgan fingerprint density at radius 1 is 0.505 bits per heavy atom. The Balaban J connectivity index is 0.000000258. The SMILES string of the molecule is C.C.CC(C)(C)OC(=O)N(C(=O)OC(C)(C)C)c1cc(C(F)F)c(Br)cn1.CC(C)(C)OC(=O)N(C(=O)OC(C)(C)C)c1ncc(B2OC(C)(C)C(C)(C)O2)c(C(F)F)n1.Clc1nc(N2CCOCC2)nc(N2CCOCC2)n1.Nc1ncc(-c2nc(N3CCOCC3)nc(N3CCOCC3)n2)c(C(F)F)n1. The van der Waals surface area contributed by atoms with Crippen LogP contribution >= 0.6 is 27.5 Å². The minimum absolute atomic E-state index is 0. The summed E-state index contributed by atoms with van der Waals surface area (Å²) in [7, 11) is -1.16. The molecule has 0 bridgehead atoms. The summed E-state index contributed by atoms with van der Waals surface area (Å²) in [4.78, 5) is 105. The molecule has 5 saturated heterocycles. The standard InChI is InChI=1S/C21H32BF2N3O6.C16H21BrF2N2O4.C16H20F2N8O2.C11H16ClN5O2.2CH4/c1-18(2,3)30-16(28)27(17(29)31-19(4,5)6)15-25-11-12(13(26-15)14(23)24)22-32-20(7,8)21(9,10)33-22;1-15(2,3)24-13(22)21(14(23)25-16(4,5)6)11-7-9(12(18)19)10(17)8-20-11;17-12(18)11-10(9-20-14(19)21-11)13-22-15(25-1-5-27-6-2-25)24-16(23-13)26-3-7-28-8-4-26;12-9-13-10(16-1-5-18-6-2-16)15-11(14-9)17-3-7-19-8-4-17;;/h11,14H,1-10H3;7-8,12H,1-6H3;9,12H,1-8H2,(H2,19,20,21);1-8H2;2*1H4. The molecule has 5 aliphatic heterocycles. The molecule has 0 saturated carbocycles. The number of morpholine rings is 4. The number of alkyl halides is 6. The zero-order valence-electron chi connectivity index (χ0n) is 61.4. The number of hydrogen-bond acceptors (Lipinski definition) is 30. The molecule has 594 valence electrons. The maximum absolute atomic E-state index is 14.0. The molecule has 0 radical (unpaired) electrons. The van der Waals surface area contributed by atoms with E-state index in [4.69, 9.17) is 64.5 Å². The van der Waals surface area contributed by atoms with Crippen molar-refractivity contribution in [2.75, 3.05) is 140 Å². The van der Waals surface area contributed by atoms with Crippen LogP contribution in [0.5, 0.6) is 0 Å². The van der Waals surface area contributed by atoms with Gasteiger partial charge in [0.25, 0.3) is 19.3 Å². The van der Waals surface area contributed by atoms with E-state index in [2.05, 4.69) is 80.6 Å². The number of imide groups is 2. The van der Waals surface area contributed by atoms with E-state index >= 15 is 0 Å². The molecule has 5 fully saturated rings. The fourth-order valence-corrected chi connectivity index (χ4v) is 10.0. The molecule has 4 amide bonds. The molecular weight excluding hydrogens is 1510 g/mol. The third-order valence-corrected chi connectivity index (χ3v) is 15.9. The highest BCUT2D eigenvalue weighted by atomic mass is 79.9. The second-order valence-electron chi connectivity index (χ2n) is 28.5. The summed E-state index contributed by atoms with van der Waals surface area (Å²) in [5.74, 6) is 1.01. The lowest BCUT2D eigenvalue weighted by atomic mass is 9.79. The van der Waals surface area contributed by atoms with Gasteiger partial charge < -0.3 is 72.5 Å². The summed E-state index contributed by atoms with van der Waals surface area (Å²) in [5.41, 5.74) is -1.58. The number of carbonyl (C=O) groups excluding carboxylic acids is 4. The molecule has 107 heavy (non-hydrogen) atoms. The van der Waals surface area contributed by atoms with Crippen molar-refractivity contribution in [2.45, 2.75) is 179 Å². The fourth-order valence-electron chi connectivity index (χ4n) is 9.46. The molecule has 5 aromatic rings. The van der Waals surface area contributed by atoms with Crippen molar-refractivity contribution in [1.82, 2.24) is 54.8 Å². The van der Waals surface area contributed by atoms with Gasteiger partial charge in [-0.05, 0) is 144 Å². The highest BCUT2D eigenvalue weighted by Crippen LogP contribution is 2.38. The van der Waals surface area contributed by atoms with E-state index in [1.54, 1.807) is 111 Å². The fraction of sp³-hybridized carbons (Fsp3) is 0.652. The predicted octanol–water partition coefficient (Wildman–Crippen LogP) is 11.8. The Labute approximate surface area is 632 Å². The van der Waals surface area contributed by atoms with Crippen molar-refractivity contribution in [3.63, 3.8) is 0 Å². The van der Waals surface area contributed by atoms with Crippen molar-refractivity contribution in [1.29, 1.82) is 0 Å². The number of aromatic nitrogens is 11. The lowest BCUT2D eigenvalue weighted by Gasteiger charge is -2.32. The first-order valence-corrected chi connectivity index (χ1v) is 34.4. The smallest absolute Gasteiger partial charge is 0.443 e. The van der Waals surface area contributed by atoms with Gasteiger partial charge in [0.2, 0.25) is 41.0 Å². The molecule has 41 heteroatoms. The lowest BCUT2D eigenvalue weighted by molar-refractivity contribution is 0.00578. The van der Waals surface area contributed by atoms with Crippen LogP contribution in [-0.4, -0.2) is 225 Å². The van der Waals surface area contributed by atoms with Crippen LogP contribution in [0.1, 0.15) is 162 Å². The highest BCUT2D eigenvalue weighted by Gasteiger charge is 2.53. The third-order valence-electron chi connectivity index (χ3n) is 15.0. The number of nitrogens with two attached hydrogens (primary N) is 1. The molecule has 0 atom stereocenters. The summed E-state index contributed by atoms with van der Waals surface area (Å²) >= 11 is 8.97. The first-order valence-electron chi connectivity index (χ1n) is 33.3. The Hall–Kier alpha value is -8.02. The third kappa shape index (κ3) is 26.1. The number of nitrogen functional groups attached to an aromatic ring is 1. The number of rotatable bonds is 11. The summed E-state index contributed by atoms with van der Waals surface area (Å²) in [6.45, 7) is 36.8. The van der Waals surface area contributed by atoms with Gasteiger partial charge in [-0.1, -0.05) is 14.9 Å². The van der Waals surface area contributed by atoms with Crippen molar-refractivity contribution in [3.05, 3.63) is 51.4 Å². The summed E-state index contributed by atoms with van der Waals surface area (Å²) in [5, 5.41) is 0.234. The number of halogens is 8. The van der Waals surface area contributed by atoms with E-state index in [1.807, 2.05) is 9.80 Å². The number of anilines is 7. The van der Waals surface area contributed by atoms with Crippen molar-refractivity contribution < 1.29 is 92.7 Å². The van der Waals surface area contributed by atoms with E-state index in [1.165, 1.54) is 6.20 Å². The minimum atomic E-state index is -3.07. The number of pyridine rings is 1. The maximum Gasteiger partial charge on any atom is 0.498 e. The molecular formula is C66H97BBrClF6N18O14. The van der Waals surface area contributed by atoms with Crippen LogP contribution in [0.2, 0.25) is 5.28 Å². The highest BCUT2D eigenvalue weighted by molar-refractivity contribution is 9.10. The van der Waals surface area contributed by atoms with Gasteiger partial charge in [0.15, 0.2) is 5.82 Å². The molecule has 32 nitrogen and oxygen atoms in total. The summed E-state index contributed by atoms with van der Waals surface area (Å²) in [6.07, 6.45) is -9.85. The van der Waals surface area contributed by atoms with E-state index in [0.29, 0.717) is 113 Å². The van der Waals surface area contributed by atoms with E-state index < -0.39 is 107 Å². The second-order valence-corrected chi connectivity index (χ2v) is 29.7. The first kappa shape index (κ1) is 89.6. The van der Waals surface area contributed by atoms with Gasteiger partial charge in [0.05, 0.1) is 69.6 Å². The van der Waals surface area contributed by atoms with Gasteiger partial charge >= 0.3 is 31.5 Å². The molecule has 5 aromatic heterocycles. The molecule has 5 aliphatic rings. The van der Waals surface area contributed by atoms with E-state index in [-0.39, 0.29) is 53.2 Å². The van der Waals surface area contributed by atoms with Gasteiger partial charge in [-0.2, -0.15) is 34.8 Å². The van der Waals surface area contributed by atoms with E-state index in [0.717, 1.165) is 44.6 Å². The van der Waals surface area contributed by atoms with Crippen LogP contribution in [-0.2, 0) is 47.2 Å². The maximum atomic E-state index is 14.0. The predicted molar refractivity (Wildman–Crippen MR) is 390 cm³/mol. The van der Waals surface area contributed by atoms with Gasteiger partial charge in [-0.25, -0.2) is 70.4 Å².